The van der Waals surface area contributed by atoms with Gasteiger partial charge in [-0.05, 0) is 37.5 Å². The van der Waals surface area contributed by atoms with E-state index in [0.717, 1.165) is 25.7 Å². The van der Waals surface area contributed by atoms with Gasteiger partial charge in [0.2, 0.25) is 0 Å². The van der Waals surface area contributed by atoms with Crippen LogP contribution in [0.3, 0.4) is 0 Å². The van der Waals surface area contributed by atoms with E-state index in [9.17, 15) is 9.59 Å². The number of hydrogen-bond donors (Lipinski definition) is 0. The first kappa shape index (κ1) is 17.3. The van der Waals surface area contributed by atoms with Gasteiger partial charge in [0.25, 0.3) is 0 Å². The molecule has 2 atom stereocenters. The van der Waals surface area contributed by atoms with E-state index in [0.29, 0.717) is 38.3 Å². The number of ether oxygens (including phenoxy) is 6. The molecule has 2 aliphatic heterocycles. The van der Waals surface area contributed by atoms with E-state index < -0.39 is 12.3 Å². The number of hydrogen-bond acceptors (Lipinski definition) is 8. The minimum absolute atomic E-state index is 0.268. The fourth-order valence-corrected chi connectivity index (χ4v) is 3.19. The molecule has 2 heterocycles. The molecule has 0 amide bonds. The number of carbonyl (C=O) groups is 2. The van der Waals surface area contributed by atoms with Crippen LogP contribution in [0.25, 0.3) is 0 Å². The second-order valence-corrected chi connectivity index (χ2v) is 6.56. The highest BCUT2D eigenvalue weighted by molar-refractivity contribution is 5.62. The fourth-order valence-electron chi connectivity index (χ4n) is 3.19. The summed E-state index contributed by atoms with van der Waals surface area (Å²) in [7, 11) is 0. The lowest BCUT2D eigenvalue weighted by molar-refractivity contribution is 0.00456. The molecule has 2 saturated heterocycles. The largest absolute Gasteiger partial charge is 0.508 e. The van der Waals surface area contributed by atoms with E-state index >= 15 is 0 Å². The van der Waals surface area contributed by atoms with E-state index in [1.54, 1.807) is 0 Å². The summed E-state index contributed by atoms with van der Waals surface area (Å²) in [5.74, 6) is 1.09. The average molecular weight is 344 g/mol. The predicted molar refractivity (Wildman–Crippen MR) is 79.5 cm³/mol. The van der Waals surface area contributed by atoms with Crippen molar-refractivity contribution >= 4 is 12.3 Å². The molecule has 0 aromatic rings. The summed E-state index contributed by atoms with van der Waals surface area (Å²) in [5, 5.41) is 0. The van der Waals surface area contributed by atoms with Crippen molar-refractivity contribution in [2.45, 2.75) is 37.9 Å². The fraction of sp³-hybridized carbons (Fsp3) is 0.875. The van der Waals surface area contributed by atoms with Gasteiger partial charge in [0.15, 0.2) is 12.2 Å². The third-order valence-corrected chi connectivity index (χ3v) is 4.58. The van der Waals surface area contributed by atoms with Crippen LogP contribution < -0.4 is 0 Å². The first-order chi connectivity index (χ1) is 11.7. The van der Waals surface area contributed by atoms with Crippen molar-refractivity contribution in [2.24, 2.45) is 11.8 Å². The minimum atomic E-state index is -0.608. The second kappa shape index (κ2) is 8.53. The van der Waals surface area contributed by atoms with Crippen LogP contribution in [-0.4, -0.2) is 64.2 Å². The second-order valence-electron chi connectivity index (χ2n) is 6.56. The lowest BCUT2D eigenvalue weighted by Gasteiger charge is -2.28. The van der Waals surface area contributed by atoms with Crippen LogP contribution in [-0.2, 0) is 28.4 Å². The lowest BCUT2D eigenvalue weighted by atomic mass is 9.83. The van der Waals surface area contributed by atoms with Gasteiger partial charge < -0.3 is 28.4 Å². The summed E-state index contributed by atoms with van der Waals surface area (Å²) in [6, 6.07) is 0. The van der Waals surface area contributed by atoms with E-state index in [1.807, 2.05) is 0 Å². The van der Waals surface area contributed by atoms with Gasteiger partial charge in [0.05, 0.1) is 13.2 Å². The van der Waals surface area contributed by atoms with Crippen molar-refractivity contribution in [1.82, 2.24) is 0 Å². The summed E-state index contributed by atoms with van der Waals surface area (Å²) in [6.07, 6.45) is 2.68. The van der Waals surface area contributed by atoms with Gasteiger partial charge in [-0.15, -0.1) is 0 Å². The smallest absolute Gasteiger partial charge is 0.430 e. The van der Waals surface area contributed by atoms with Crippen molar-refractivity contribution in [3.05, 3.63) is 0 Å². The molecule has 0 spiro atoms. The molecular weight excluding hydrogens is 320 g/mol. The number of cyclic esters (lactones) is 4. The Morgan fingerprint density at radius 1 is 0.708 bits per heavy atom. The van der Waals surface area contributed by atoms with Gasteiger partial charge in [-0.25, -0.2) is 9.59 Å². The van der Waals surface area contributed by atoms with Gasteiger partial charge in [-0.3, -0.25) is 0 Å². The van der Waals surface area contributed by atoms with Gasteiger partial charge >= 0.3 is 12.3 Å². The third kappa shape index (κ3) is 5.24. The predicted octanol–water partition coefficient (Wildman–Crippen LogP) is 1.90. The number of rotatable bonds is 8. The Balaban J connectivity index is 1.21. The SMILES string of the molecule is O=C1OCC(COCC2CCC(COCC3COC(=O)O3)CC2)O1. The molecule has 0 aromatic carbocycles. The molecule has 2 unspecified atom stereocenters. The highest BCUT2D eigenvalue weighted by Gasteiger charge is 2.28. The minimum Gasteiger partial charge on any atom is -0.430 e. The maximum Gasteiger partial charge on any atom is 0.508 e. The van der Waals surface area contributed by atoms with Gasteiger partial charge in [0.1, 0.15) is 13.2 Å². The van der Waals surface area contributed by atoms with Gasteiger partial charge in [-0.1, -0.05) is 0 Å². The highest BCUT2D eigenvalue weighted by atomic mass is 16.8. The van der Waals surface area contributed by atoms with Crippen LogP contribution in [0.4, 0.5) is 9.59 Å². The standard InChI is InChI=1S/C16H24O8/c17-15-21-9-13(23-15)7-19-5-11-1-2-12(4-3-11)6-20-8-14-10-22-16(18)24-14/h11-14H,1-10H2. The van der Waals surface area contributed by atoms with E-state index in [1.165, 1.54) is 0 Å². The quantitative estimate of drug-likeness (QED) is 0.617. The topological polar surface area (TPSA) is 89.5 Å². The van der Waals surface area contributed by atoms with Crippen LogP contribution in [0.1, 0.15) is 25.7 Å². The average Bonchev–Trinajstić information content (AvgIpc) is 3.17. The third-order valence-electron chi connectivity index (χ3n) is 4.58. The van der Waals surface area contributed by atoms with Crippen LogP contribution >= 0.6 is 0 Å². The first-order valence-corrected chi connectivity index (χ1v) is 8.51. The molecular formula is C16H24O8. The Labute approximate surface area is 140 Å². The zero-order valence-corrected chi connectivity index (χ0v) is 13.6. The summed E-state index contributed by atoms with van der Waals surface area (Å²) >= 11 is 0. The van der Waals surface area contributed by atoms with E-state index in [-0.39, 0.29) is 25.4 Å². The summed E-state index contributed by atoms with van der Waals surface area (Å²) in [6.45, 7) is 2.75. The Morgan fingerprint density at radius 3 is 1.46 bits per heavy atom. The maximum atomic E-state index is 10.8. The van der Waals surface area contributed by atoms with Crippen LogP contribution in [0, 0.1) is 11.8 Å². The molecule has 8 heteroatoms. The van der Waals surface area contributed by atoms with E-state index in [4.69, 9.17) is 28.4 Å². The molecule has 24 heavy (non-hydrogen) atoms. The zero-order chi connectivity index (χ0) is 16.8. The summed E-state index contributed by atoms with van der Waals surface area (Å²) < 4.78 is 30.6. The highest BCUT2D eigenvalue weighted by Crippen LogP contribution is 2.29. The van der Waals surface area contributed by atoms with Crippen molar-refractivity contribution < 1.29 is 38.0 Å². The molecule has 1 saturated carbocycles. The van der Waals surface area contributed by atoms with Crippen molar-refractivity contribution in [2.75, 3.05) is 39.6 Å². The molecule has 3 fully saturated rings. The van der Waals surface area contributed by atoms with Crippen molar-refractivity contribution in [3.8, 4) is 0 Å². The summed E-state index contributed by atoms with van der Waals surface area (Å²) in [4.78, 5) is 21.6. The van der Waals surface area contributed by atoms with Crippen LogP contribution in [0.2, 0.25) is 0 Å². The van der Waals surface area contributed by atoms with Crippen LogP contribution in [0.5, 0.6) is 0 Å². The van der Waals surface area contributed by atoms with Gasteiger partial charge in [0, 0.05) is 13.2 Å². The zero-order valence-electron chi connectivity index (χ0n) is 13.6. The van der Waals surface area contributed by atoms with E-state index in [2.05, 4.69) is 0 Å². The molecule has 0 N–H and O–H groups in total. The molecule has 1 aliphatic carbocycles. The molecule has 8 nitrogen and oxygen atoms in total. The Hall–Kier alpha value is -1.54. The Kier molecular flexibility index (Phi) is 6.14. The Morgan fingerprint density at radius 2 is 1.12 bits per heavy atom. The van der Waals surface area contributed by atoms with Crippen molar-refractivity contribution in [1.29, 1.82) is 0 Å². The first-order valence-electron chi connectivity index (χ1n) is 8.51. The monoisotopic (exact) mass is 344 g/mol. The molecule has 3 rings (SSSR count). The lowest BCUT2D eigenvalue weighted by Crippen LogP contribution is -2.26. The summed E-state index contributed by atoms with van der Waals surface area (Å²) in [5.41, 5.74) is 0. The maximum absolute atomic E-state index is 10.8. The normalized spacial score (nSPS) is 32.8. The van der Waals surface area contributed by atoms with Gasteiger partial charge in [-0.2, -0.15) is 0 Å². The molecule has 0 aromatic heterocycles. The molecule has 3 aliphatic rings. The molecule has 0 radical (unpaired) electrons. The van der Waals surface area contributed by atoms with Crippen LogP contribution in [0.15, 0.2) is 0 Å². The molecule has 0 bridgehead atoms. The van der Waals surface area contributed by atoms with Crippen molar-refractivity contribution in [3.63, 3.8) is 0 Å². The number of carbonyl (C=O) groups excluding carboxylic acids is 2. The molecule has 136 valence electrons. The Bertz CT molecular complexity index is 392.